The summed E-state index contributed by atoms with van der Waals surface area (Å²) in [7, 11) is -0.375. The molecule has 0 spiro atoms. The van der Waals surface area contributed by atoms with Gasteiger partial charge >= 0.3 is 6.18 Å². The van der Waals surface area contributed by atoms with Crippen molar-refractivity contribution < 1.29 is 35.9 Å². The molecule has 172 valence electrons. The molecular formula is C18H17F3N4O5S2. The van der Waals surface area contributed by atoms with Crippen molar-refractivity contribution in [3.63, 3.8) is 0 Å². The Kier molecular flexibility index (Phi) is 6.20. The summed E-state index contributed by atoms with van der Waals surface area (Å²) in [5, 5.41) is 3.84. The Hall–Kier alpha value is -3.13. The summed E-state index contributed by atoms with van der Waals surface area (Å²) in [4.78, 5) is 17.3. The van der Waals surface area contributed by atoms with Crippen molar-refractivity contribution in [1.29, 1.82) is 0 Å². The molecule has 1 amide bonds. The SMILES string of the molecule is COc1ccc(N(C(=O)c2ccc(-c3cc(C(F)(F)F)n(C)n3)s2)S(C)(=O)=O)c(OC)n1. The molecule has 3 aromatic heterocycles. The molecule has 3 heterocycles. The van der Waals surface area contributed by atoms with Crippen LogP contribution in [0.25, 0.3) is 10.6 Å². The second-order valence-electron chi connectivity index (χ2n) is 6.41. The molecule has 0 atom stereocenters. The van der Waals surface area contributed by atoms with E-state index in [-0.39, 0.29) is 32.9 Å². The summed E-state index contributed by atoms with van der Waals surface area (Å²) in [5.74, 6) is -0.957. The van der Waals surface area contributed by atoms with E-state index < -0.39 is 27.8 Å². The fraction of sp³-hybridized carbons (Fsp3) is 0.278. The smallest absolute Gasteiger partial charge is 0.433 e. The van der Waals surface area contributed by atoms with Gasteiger partial charge in [0, 0.05) is 13.1 Å². The highest BCUT2D eigenvalue weighted by Crippen LogP contribution is 2.36. The van der Waals surface area contributed by atoms with Gasteiger partial charge in [-0.2, -0.15) is 27.6 Å². The number of thiophene rings is 1. The van der Waals surface area contributed by atoms with Gasteiger partial charge < -0.3 is 9.47 Å². The maximum Gasteiger partial charge on any atom is 0.433 e. The van der Waals surface area contributed by atoms with Crippen molar-refractivity contribution in [2.45, 2.75) is 6.18 Å². The molecule has 0 saturated carbocycles. The number of alkyl halides is 3. The van der Waals surface area contributed by atoms with Crippen molar-refractivity contribution in [1.82, 2.24) is 14.8 Å². The van der Waals surface area contributed by atoms with Gasteiger partial charge in [-0.05, 0) is 24.3 Å². The first-order valence-electron chi connectivity index (χ1n) is 8.72. The van der Waals surface area contributed by atoms with E-state index in [9.17, 15) is 26.4 Å². The Morgan fingerprint density at radius 2 is 1.84 bits per heavy atom. The minimum Gasteiger partial charge on any atom is -0.481 e. The van der Waals surface area contributed by atoms with Gasteiger partial charge in [0.2, 0.25) is 21.8 Å². The molecule has 0 aromatic carbocycles. The lowest BCUT2D eigenvalue weighted by atomic mass is 10.3. The molecule has 3 aromatic rings. The van der Waals surface area contributed by atoms with Crippen LogP contribution in [0, 0.1) is 0 Å². The molecule has 0 fully saturated rings. The van der Waals surface area contributed by atoms with Crippen molar-refractivity contribution in [3.8, 4) is 22.3 Å². The minimum absolute atomic E-state index is 0.00141. The van der Waals surface area contributed by atoms with Crippen LogP contribution in [0.4, 0.5) is 18.9 Å². The monoisotopic (exact) mass is 490 g/mol. The van der Waals surface area contributed by atoms with E-state index in [2.05, 4.69) is 10.1 Å². The summed E-state index contributed by atoms with van der Waals surface area (Å²) in [6.07, 6.45) is -3.77. The van der Waals surface area contributed by atoms with Gasteiger partial charge in [0.25, 0.3) is 5.91 Å². The number of sulfonamides is 1. The lowest BCUT2D eigenvalue weighted by Gasteiger charge is -2.21. The van der Waals surface area contributed by atoms with Crippen molar-refractivity contribution in [2.24, 2.45) is 7.05 Å². The number of methoxy groups -OCH3 is 2. The molecule has 0 N–H and O–H groups in total. The van der Waals surface area contributed by atoms with E-state index in [1.807, 2.05) is 0 Å². The Labute approximate surface area is 185 Å². The Balaban J connectivity index is 2.03. The summed E-state index contributed by atoms with van der Waals surface area (Å²) < 4.78 is 75.3. The largest absolute Gasteiger partial charge is 0.481 e. The summed E-state index contributed by atoms with van der Waals surface area (Å²) in [6.45, 7) is 0. The number of hydrogen-bond acceptors (Lipinski definition) is 8. The fourth-order valence-corrected chi connectivity index (χ4v) is 4.66. The van der Waals surface area contributed by atoms with Crippen LogP contribution in [0.3, 0.4) is 0 Å². The molecule has 32 heavy (non-hydrogen) atoms. The van der Waals surface area contributed by atoms with Crippen LogP contribution in [0.15, 0.2) is 30.3 Å². The zero-order valence-corrected chi connectivity index (χ0v) is 18.8. The molecule has 0 aliphatic carbocycles. The van der Waals surface area contributed by atoms with E-state index >= 15 is 0 Å². The summed E-state index contributed by atoms with van der Waals surface area (Å²) in [6, 6.07) is 6.21. The third-order valence-corrected chi connectivity index (χ3v) is 6.31. The first kappa shape index (κ1) is 23.5. The molecule has 3 rings (SSSR count). The fourth-order valence-electron chi connectivity index (χ4n) is 2.82. The second-order valence-corrected chi connectivity index (χ2v) is 9.33. The zero-order valence-electron chi connectivity index (χ0n) is 17.2. The molecule has 0 aliphatic rings. The number of carbonyl (C=O) groups is 1. The number of carbonyl (C=O) groups excluding carboxylic acids is 1. The Morgan fingerprint density at radius 1 is 1.16 bits per heavy atom. The van der Waals surface area contributed by atoms with Gasteiger partial charge in [-0.1, -0.05) is 0 Å². The molecule has 9 nitrogen and oxygen atoms in total. The van der Waals surface area contributed by atoms with Gasteiger partial charge in [-0.25, -0.2) is 8.42 Å². The average molecular weight is 490 g/mol. The van der Waals surface area contributed by atoms with Crippen LogP contribution in [0.5, 0.6) is 11.8 Å². The van der Waals surface area contributed by atoms with E-state index in [0.717, 1.165) is 30.7 Å². The van der Waals surface area contributed by atoms with Crippen LogP contribution >= 0.6 is 11.3 Å². The topological polar surface area (TPSA) is 104 Å². The quantitative estimate of drug-likeness (QED) is 0.523. The van der Waals surface area contributed by atoms with E-state index in [0.29, 0.717) is 8.99 Å². The van der Waals surface area contributed by atoms with Crippen molar-refractivity contribution >= 4 is 33.0 Å². The predicted molar refractivity (Wildman–Crippen MR) is 111 cm³/mol. The van der Waals surface area contributed by atoms with Crippen LogP contribution in [0.2, 0.25) is 0 Å². The van der Waals surface area contributed by atoms with E-state index in [4.69, 9.17) is 9.47 Å². The Bertz CT molecular complexity index is 1270. The van der Waals surface area contributed by atoms with Gasteiger partial charge in [-0.3, -0.25) is 9.48 Å². The third-order valence-electron chi connectivity index (χ3n) is 4.19. The number of nitrogens with zero attached hydrogens (tertiary/aromatic N) is 4. The predicted octanol–water partition coefficient (Wildman–Crippen LogP) is 3.19. The molecule has 0 unspecified atom stereocenters. The Morgan fingerprint density at radius 3 is 2.38 bits per heavy atom. The van der Waals surface area contributed by atoms with Gasteiger partial charge in [0.05, 0.1) is 30.2 Å². The molecule has 0 bridgehead atoms. The first-order valence-corrected chi connectivity index (χ1v) is 11.4. The highest BCUT2D eigenvalue weighted by Gasteiger charge is 2.36. The lowest BCUT2D eigenvalue weighted by Crippen LogP contribution is -2.36. The number of anilines is 1. The number of ether oxygens (including phenoxy) is 2. The number of amides is 1. The first-order chi connectivity index (χ1) is 14.9. The van der Waals surface area contributed by atoms with Crippen LogP contribution in [-0.2, 0) is 23.2 Å². The van der Waals surface area contributed by atoms with E-state index in [1.54, 1.807) is 0 Å². The van der Waals surface area contributed by atoms with Crippen LogP contribution < -0.4 is 13.8 Å². The number of rotatable bonds is 6. The standard InChI is InChI=1S/C18H17F3N4O5S2/c1-24-14(18(19,20)21)9-10(23-24)12-6-7-13(31-12)17(26)25(32(4,27)28)11-5-8-15(29-2)22-16(11)30-3/h5-9H,1-4H3. The molecule has 0 aliphatic heterocycles. The van der Waals surface area contributed by atoms with E-state index in [1.165, 1.54) is 38.5 Å². The van der Waals surface area contributed by atoms with Crippen molar-refractivity contribution in [3.05, 3.63) is 40.9 Å². The molecule has 0 saturated heterocycles. The van der Waals surface area contributed by atoms with Crippen LogP contribution in [0.1, 0.15) is 15.4 Å². The molecular weight excluding hydrogens is 473 g/mol. The van der Waals surface area contributed by atoms with Gasteiger partial charge in [0.1, 0.15) is 17.1 Å². The molecule has 0 radical (unpaired) electrons. The molecule has 14 heteroatoms. The number of hydrogen-bond donors (Lipinski definition) is 0. The summed E-state index contributed by atoms with van der Waals surface area (Å²) >= 11 is 0.802. The average Bonchev–Trinajstić information content (AvgIpc) is 3.33. The van der Waals surface area contributed by atoms with Crippen molar-refractivity contribution in [2.75, 3.05) is 24.8 Å². The van der Waals surface area contributed by atoms with Gasteiger partial charge in [0.15, 0.2) is 0 Å². The highest BCUT2D eigenvalue weighted by atomic mass is 32.2. The van der Waals surface area contributed by atoms with Crippen LogP contribution in [-0.4, -0.2) is 49.6 Å². The number of aromatic nitrogens is 3. The third kappa shape index (κ3) is 4.55. The number of aryl methyl sites for hydroxylation is 1. The lowest BCUT2D eigenvalue weighted by molar-refractivity contribution is -0.143. The maximum absolute atomic E-state index is 13.1. The number of halogens is 3. The zero-order chi connectivity index (χ0) is 23.8. The number of pyridine rings is 1. The normalized spacial score (nSPS) is 12.0. The highest BCUT2D eigenvalue weighted by molar-refractivity contribution is 7.92. The second kappa shape index (κ2) is 8.43. The maximum atomic E-state index is 13.1. The van der Waals surface area contributed by atoms with Gasteiger partial charge in [-0.15, -0.1) is 11.3 Å². The minimum atomic E-state index is -4.60. The summed E-state index contributed by atoms with van der Waals surface area (Å²) in [5.41, 5.74) is -1.10.